The molecule has 0 aliphatic rings. The van der Waals surface area contributed by atoms with Crippen molar-refractivity contribution in [2.24, 2.45) is 5.16 Å². The standard InChI is InChI=1S/C32H33N3O5S/c1-22(20-27(36)39-31(2,3)4)40-35-28(29(37)38)26-21-41-30(33-26)34-32(23-14-8-5-9-15-23,24-16-10-6-11-17-24)25-18-12-7-13-19-25/h5-19,21-22H,20H2,1-4H3,(H,33,34)(H,37,38)/t22-/m0/s1. The van der Waals surface area contributed by atoms with Gasteiger partial charge in [0, 0.05) is 5.38 Å². The molecule has 0 aliphatic carbocycles. The van der Waals surface area contributed by atoms with Gasteiger partial charge in [-0.05, 0) is 44.4 Å². The lowest BCUT2D eigenvalue weighted by Gasteiger charge is -2.36. The number of carboxylic acid groups (broad SMARTS) is 1. The summed E-state index contributed by atoms with van der Waals surface area (Å²) in [6.45, 7) is 6.93. The van der Waals surface area contributed by atoms with Crippen LogP contribution in [-0.2, 0) is 24.7 Å². The van der Waals surface area contributed by atoms with Crippen molar-refractivity contribution in [2.75, 3.05) is 5.32 Å². The summed E-state index contributed by atoms with van der Waals surface area (Å²) in [5, 5.41) is 19.5. The third-order valence-electron chi connectivity index (χ3n) is 6.06. The predicted molar refractivity (Wildman–Crippen MR) is 160 cm³/mol. The van der Waals surface area contributed by atoms with E-state index < -0.39 is 29.2 Å². The van der Waals surface area contributed by atoms with Crippen molar-refractivity contribution in [3.63, 3.8) is 0 Å². The fourth-order valence-electron chi connectivity index (χ4n) is 4.37. The van der Waals surface area contributed by atoms with Gasteiger partial charge in [-0.2, -0.15) is 0 Å². The first kappa shape index (κ1) is 29.5. The van der Waals surface area contributed by atoms with E-state index in [4.69, 9.17) is 9.57 Å². The third-order valence-corrected chi connectivity index (χ3v) is 6.82. The van der Waals surface area contributed by atoms with Crippen molar-refractivity contribution in [2.45, 2.75) is 51.4 Å². The molecule has 1 atom stereocenters. The van der Waals surface area contributed by atoms with E-state index in [9.17, 15) is 14.7 Å². The van der Waals surface area contributed by atoms with E-state index in [1.807, 2.05) is 91.0 Å². The quantitative estimate of drug-likeness (QED) is 0.0918. The number of nitrogens with zero attached hydrogens (tertiary/aromatic N) is 2. The lowest BCUT2D eigenvalue weighted by Crippen LogP contribution is -2.38. The Morgan fingerprint density at radius 2 is 1.39 bits per heavy atom. The molecule has 0 fully saturated rings. The van der Waals surface area contributed by atoms with Gasteiger partial charge < -0.3 is 20.0 Å². The molecule has 212 valence electrons. The number of rotatable bonds is 11. The highest BCUT2D eigenvalue weighted by atomic mass is 32.1. The van der Waals surface area contributed by atoms with E-state index >= 15 is 0 Å². The maximum Gasteiger partial charge on any atom is 0.360 e. The topological polar surface area (TPSA) is 110 Å². The number of hydrogen-bond acceptors (Lipinski definition) is 8. The molecule has 4 rings (SSSR count). The number of anilines is 1. The summed E-state index contributed by atoms with van der Waals surface area (Å²) >= 11 is 1.26. The Bertz CT molecular complexity index is 1390. The first-order valence-electron chi connectivity index (χ1n) is 13.2. The van der Waals surface area contributed by atoms with Gasteiger partial charge in [-0.1, -0.05) is 96.2 Å². The highest BCUT2D eigenvalue weighted by Crippen LogP contribution is 2.40. The van der Waals surface area contributed by atoms with Crippen LogP contribution in [-0.4, -0.2) is 39.4 Å². The van der Waals surface area contributed by atoms with Crippen molar-refractivity contribution < 1.29 is 24.3 Å². The Morgan fingerprint density at radius 1 is 0.902 bits per heavy atom. The van der Waals surface area contributed by atoms with Crippen LogP contribution in [0.5, 0.6) is 0 Å². The molecule has 8 nitrogen and oxygen atoms in total. The average Bonchev–Trinajstić information content (AvgIpc) is 3.40. The van der Waals surface area contributed by atoms with E-state index in [0.717, 1.165) is 16.7 Å². The van der Waals surface area contributed by atoms with Gasteiger partial charge in [0.15, 0.2) is 5.13 Å². The monoisotopic (exact) mass is 571 g/mol. The fourth-order valence-corrected chi connectivity index (χ4v) is 5.13. The number of carbonyl (C=O) groups excluding carboxylic acids is 1. The van der Waals surface area contributed by atoms with E-state index in [-0.39, 0.29) is 17.8 Å². The maximum absolute atomic E-state index is 12.1. The summed E-state index contributed by atoms with van der Waals surface area (Å²) in [7, 11) is 0. The molecule has 0 unspecified atom stereocenters. The second kappa shape index (κ2) is 12.8. The highest BCUT2D eigenvalue weighted by Gasteiger charge is 2.37. The number of aliphatic carboxylic acids is 1. The summed E-state index contributed by atoms with van der Waals surface area (Å²) < 4.78 is 5.30. The van der Waals surface area contributed by atoms with Crippen LogP contribution in [0, 0.1) is 0 Å². The second-order valence-electron chi connectivity index (χ2n) is 10.5. The Labute approximate surface area is 243 Å². The van der Waals surface area contributed by atoms with Crippen LogP contribution in [0.25, 0.3) is 0 Å². The molecule has 0 bridgehead atoms. The summed E-state index contributed by atoms with van der Waals surface area (Å²) in [6.07, 6.45) is -0.775. The third kappa shape index (κ3) is 7.37. The Kier molecular flexibility index (Phi) is 9.19. The van der Waals surface area contributed by atoms with Gasteiger partial charge in [0.05, 0.1) is 6.42 Å². The largest absolute Gasteiger partial charge is 0.476 e. The first-order valence-corrected chi connectivity index (χ1v) is 14.1. The molecule has 9 heteroatoms. The molecule has 1 heterocycles. The van der Waals surface area contributed by atoms with E-state index in [1.165, 1.54) is 11.3 Å². The van der Waals surface area contributed by atoms with Gasteiger partial charge in [-0.3, -0.25) is 4.79 Å². The molecule has 0 aliphatic heterocycles. The summed E-state index contributed by atoms with van der Waals surface area (Å²) in [6, 6.07) is 30.1. The van der Waals surface area contributed by atoms with Gasteiger partial charge in [-0.25, -0.2) is 9.78 Å². The first-order chi connectivity index (χ1) is 19.6. The SMILES string of the molecule is C[C@@H](CC(=O)OC(C)(C)C)ON=C(C(=O)O)c1csc(NC(c2ccccc2)(c2ccccc2)c2ccccc2)n1. The van der Waals surface area contributed by atoms with Gasteiger partial charge in [-0.15, -0.1) is 11.3 Å². The number of carbonyl (C=O) groups is 2. The molecule has 0 saturated heterocycles. The summed E-state index contributed by atoms with van der Waals surface area (Å²) in [5.41, 5.74) is 1.28. The van der Waals surface area contributed by atoms with Gasteiger partial charge in [0.1, 0.15) is 22.9 Å². The van der Waals surface area contributed by atoms with Crippen LogP contribution >= 0.6 is 11.3 Å². The fraction of sp³-hybridized carbons (Fsp3) is 0.250. The molecule has 0 amide bonds. The number of benzene rings is 3. The van der Waals surface area contributed by atoms with Gasteiger partial charge >= 0.3 is 11.9 Å². The number of oxime groups is 1. The molecule has 0 saturated carbocycles. The van der Waals surface area contributed by atoms with Crippen molar-refractivity contribution in [1.29, 1.82) is 0 Å². The zero-order valence-electron chi connectivity index (χ0n) is 23.4. The zero-order valence-corrected chi connectivity index (χ0v) is 24.2. The molecule has 2 N–H and O–H groups in total. The van der Waals surface area contributed by atoms with E-state index in [2.05, 4.69) is 15.5 Å². The smallest absolute Gasteiger partial charge is 0.360 e. The number of esters is 1. The van der Waals surface area contributed by atoms with Crippen LogP contribution in [0.4, 0.5) is 5.13 Å². The predicted octanol–water partition coefficient (Wildman–Crippen LogP) is 6.47. The van der Waals surface area contributed by atoms with Crippen LogP contribution < -0.4 is 5.32 Å². The molecule has 0 radical (unpaired) electrons. The van der Waals surface area contributed by atoms with E-state index in [1.54, 1.807) is 33.1 Å². The van der Waals surface area contributed by atoms with Crippen LogP contribution in [0.2, 0.25) is 0 Å². The molecule has 3 aromatic carbocycles. The lowest BCUT2D eigenvalue weighted by molar-refractivity contribution is -0.157. The molecule has 1 aromatic heterocycles. The summed E-state index contributed by atoms with van der Waals surface area (Å²) in [4.78, 5) is 34.2. The number of ether oxygens (including phenoxy) is 1. The maximum atomic E-state index is 12.1. The molecule has 41 heavy (non-hydrogen) atoms. The normalized spacial score (nSPS) is 12.8. The number of nitrogens with one attached hydrogen (secondary N) is 1. The minimum absolute atomic E-state index is 0.0781. The van der Waals surface area contributed by atoms with Crippen LogP contribution in [0.3, 0.4) is 0 Å². The van der Waals surface area contributed by atoms with Crippen molar-refractivity contribution in [3.8, 4) is 0 Å². The van der Waals surface area contributed by atoms with Crippen LogP contribution in [0.15, 0.2) is 102 Å². The van der Waals surface area contributed by atoms with Gasteiger partial charge in [0.2, 0.25) is 5.71 Å². The number of carboxylic acids is 1. The molecular formula is C32H33N3O5S. The Hall–Kier alpha value is -4.50. The highest BCUT2D eigenvalue weighted by molar-refractivity contribution is 7.14. The molecule has 4 aromatic rings. The van der Waals surface area contributed by atoms with Crippen molar-refractivity contribution in [3.05, 3.63) is 119 Å². The van der Waals surface area contributed by atoms with Crippen molar-refractivity contribution >= 4 is 34.1 Å². The number of thiazole rings is 1. The Balaban J connectivity index is 1.67. The number of hydrogen-bond donors (Lipinski definition) is 2. The lowest BCUT2D eigenvalue weighted by atomic mass is 9.77. The van der Waals surface area contributed by atoms with Crippen LogP contribution in [0.1, 0.15) is 56.5 Å². The average molecular weight is 572 g/mol. The molecule has 0 spiro atoms. The Morgan fingerprint density at radius 3 is 1.83 bits per heavy atom. The second-order valence-corrected chi connectivity index (χ2v) is 11.3. The summed E-state index contributed by atoms with van der Waals surface area (Å²) in [5.74, 6) is -1.76. The van der Waals surface area contributed by atoms with E-state index in [0.29, 0.717) is 5.13 Å². The zero-order chi connectivity index (χ0) is 29.5. The number of aromatic nitrogens is 1. The molecular weight excluding hydrogens is 538 g/mol. The minimum Gasteiger partial charge on any atom is -0.476 e. The minimum atomic E-state index is -1.30. The van der Waals surface area contributed by atoms with Gasteiger partial charge in [0.25, 0.3) is 0 Å². The van der Waals surface area contributed by atoms with Crippen molar-refractivity contribution in [1.82, 2.24) is 4.98 Å².